The number of rotatable bonds is 6. The van der Waals surface area contributed by atoms with E-state index >= 15 is 0 Å². The minimum Gasteiger partial charge on any atom is -0.342 e. The highest BCUT2D eigenvalue weighted by atomic mass is 15.2. The van der Waals surface area contributed by atoms with Crippen LogP contribution in [-0.4, -0.2) is 9.13 Å². The third kappa shape index (κ3) is 5.61. The Morgan fingerprint density at radius 1 is 0.368 bits per heavy atom. The Bertz CT molecular complexity index is 4120. The SMILES string of the molecule is Cn1c2cc(N(C3=CC=CC4C=CC=CC34)c3cccc4ccccc34)ccc2c2c3ccccc3c3c4ccc(N(c5cccc6ccccc56)c5cccc6ccccc56)cc4n(C)c3c21. The van der Waals surface area contributed by atoms with Crippen LogP contribution in [0.1, 0.15) is 0 Å². The number of hydrogen-bond donors (Lipinski definition) is 0. The van der Waals surface area contributed by atoms with E-state index in [2.05, 4.69) is 264 Å². The highest BCUT2D eigenvalue weighted by Gasteiger charge is 2.30. The molecule has 2 aromatic heterocycles. The van der Waals surface area contributed by atoms with Crippen LogP contribution in [0, 0.1) is 11.8 Å². The summed E-state index contributed by atoms with van der Waals surface area (Å²) in [4.78, 5) is 4.99. The van der Waals surface area contributed by atoms with Gasteiger partial charge in [0.1, 0.15) is 0 Å². The molecule has 2 aliphatic rings. The molecule has 2 heterocycles. The second-order valence-electron chi connectivity index (χ2n) is 18.5. The summed E-state index contributed by atoms with van der Waals surface area (Å²) in [6.07, 6.45) is 16.0. The zero-order valence-corrected chi connectivity index (χ0v) is 37.9. The van der Waals surface area contributed by atoms with Crippen molar-refractivity contribution in [3.8, 4) is 0 Å². The monoisotopic (exact) mass is 870 g/mol. The molecule has 0 saturated carbocycles. The van der Waals surface area contributed by atoms with Crippen molar-refractivity contribution in [2.75, 3.05) is 9.80 Å². The van der Waals surface area contributed by atoms with Crippen LogP contribution in [0.2, 0.25) is 0 Å². The molecule has 4 nitrogen and oxygen atoms in total. The first kappa shape index (κ1) is 38.6. The van der Waals surface area contributed by atoms with Crippen molar-refractivity contribution in [2.24, 2.45) is 25.9 Å². The lowest BCUT2D eigenvalue weighted by Crippen LogP contribution is -2.27. The molecule has 68 heavy (non-hydrogen) atoms. The summed E-state index contributed by atoms with van der Waals surface area (Å²) in [7, 11) is 4.53. The maximum absolute atomic E-state index is 2.52. The molecule has 0 N–H and O–H groups in total. The predicted octanol–water partition coefficient (Wildman–Crippen LogP) is 17.0. The molecule has 0 aliphatic heterocycles. The summed E-state index contributed by atoms with van der Waals surface area (Å²) in [5, 5.41) is 14.9. The van der Waals surface area contributed by atoms with Gasteiger partial charge in [-0.15, -0.1) is 0 Å². The van der Waals surface area contributed by atoms with Crippen molar-refractivity contribution in [3.05, 3.63) is 236 Å². The summed E-state index contributed by atoms with van der Waals surface area (Å²) < 4.78 is 4.92. The van der Waals surface area contributed by atoms with Gasteiger partial charge in [-0.2, -0.15) is 0 Å². The van der Waals surface area contributed by atoms with E-state index in [0.29, 0.717) is 5.92 Å². The van der Waals surface area contributed by atoms with E-state index in [-0.39, 0.29) is 5.92 Å². The van der Waals surface area contributed by atoms with Gasteiger partial charge in [0, 0.05) is 80.7 Å². The third-order valence-electron chi connectivity index (χ3n) is 15.0. The van der Waals surface area contributed by atoms with Gasteiger partial charge in [-0.25, -0.2) is 0 Å². The van der Waals surface area contributed by atoms with E-state index in [0.717, 1.165) is 22.7 Å². The Morgan fingerprint density at radius 3 is 1.29 bits per heavy atom. The van der Waals surface area contributed by atoms with E-state index in [1.54, 1.807) is 0 Å². The van der Waals surface area contributed by atoms with Gasteiger partial charge < -0.3 is 18.9 Å². The van der Waals surface area contributed by atoms with E-state index in [1.807, 2.05) is 0 Å². The number of anilines is 5. The molecule has 2 atom stereocenters. The first-order valence-corrected chi connectivity index (χ1v) is 23.7. The molecule has 0 radical (unpaired) electrons. The van der Waals surface area contributed by atoms with Crippen molar-refractivity contribution >= 4 is 115 Å². The zero-order chi connectivity index (χ0) is 45.0. The largest absolute Gasteiger partial charge is 0.342 e. The average molecular weight is 871 g/mol. The zero-order valence-electron chi connectivity index (χ0n) is 37.9. The maximum atomic E-state index is 2.52. The summed E-state index contributed by atoms with van der Waals surface area (Å²) in [6.45, 7) is 0. The van der Waals surface area contributed by atoms with Crippen LogP contribution >= 0.6 is 0 Å². The van der Waals surface area contributed by atoms with Gasteiger partial charge in [-0.1, -0.05) is 182 Å². The predicted molar refractivity (Wildman–Crippen MR) is 290 cm³/mol. The van der Waals surface area contributed by atoms with Gasteiger partial charge in [-0.05, 0) is 75.5 Å². The first-order valence-electron chi connectivity index (χ1n) is 23.7. The van der Waals surface area contributed by atoms with Gasteiger partial charge >= 0.3 is 0 Å². The Hall–Kier alpha value is -8.60. The molecule has 322 valence electrons. The Balaban J connectivity index is 1.02. The smallest absolute Gasteiger partial charge is 0.0742 e. The highest BCUT2D eigenvalue weighted by molar-refractivity contribution is 6.36. The van der Waals surface area contributed by atoms with Crippen molar-refractivity contribution in [2.45, 2.75) is 0 Å². The van der Waals surface area contributed by atoms with Crippen LogP contribution in [0.4, 0.5) is 28.4 Å². The fraction of sp³-hybridized carbons (Fsp3) is 0.0625. The fourth-order valence-electron chi connectivity index (χ4n) is 11.9. The summed E-state index contributed by atoms with van der Waals surface area (Å²) in [5.74, 6) is 0.519. The number of hydrogen-bond acceptors (Lipinski definition) is 2. The molecule has 0 amide bonds. The van der Waals surface area contributed by atoms with E-state index in [9.17, 15) is 0 Å². The van der Waals surface area contributed by atoms with E-state index in [1.165, 1.54) is 98.1 Å². The molecule has 0 fully saturated rings. The van der Waals surface area contributed by atoms with Crippen LogP contribution in [-0.2, 0) is 14.1 Å². The quantitative estimate of drug-likeness (QED) is 0.166. The average Bonchev–Trinajstić information content (AvgIpc) is 3.86. The van der Waals surface area contributed by atoms with Crippen molar-refractivity contribution in [1.29, 1.82) is 0 Å². The second kappa shape index (κ2) is 15.0. The third-order valence-corrected chi connectivity index (χ3v) is 15.0. The van der Waals surface area contributed by atoms with Crippen LogP contribution in [0.3, 0.4) is 0 Å². The first-order chi connectivity index (χ1) is 33.6. The molecular formula is C64H46N4. The molecule has 2 aliphatic carbocycles. The van der Waals surface area contributed by atoms with Gasteiger partial charge in [0.05, 0.1) is 39.1 Å². The molecule has 0 bridgehead atoms. The Labute approximate surface area is 394 Å². The van der Waals surface area contributed by atoms with Crippen molar-refractivity contribution < 1.29 is 0 Å². The van der Waals surface area contributed by atoms with Gasteiger partial charge in [-0.3, -0.25) is 0 Å². The summed E-state index contributed by atoms with van der Waals surface area (Å²) in [5.41, 5.74) is 11.9. The minimum atomic E-state index is 0.216. The van der Waals surface area contributed by atoms with E-state index in [4.69, 9.17) is 0 Å². The standard InChI is InChI=1S/C64H46N4/c1-65-59-39-45(67(55-31-13-21-41-17-3-7-25-47(41)55)56-32-14-22-42-18-4-8-26-48(42)56)35-37-53(59)61-51-29-11-12-30-52(51)62-54-38-36-46(40-60(54)66(2)64(62)63(61)65)68(57-33-15-23-43-19-5-9-27-49(43)57)58-34-16-24-44-20-6-10-28-50(44)58/h3-41,47H,1-2H3. The number of nitrogens with zero attached hydrogens (tertiary/aromatic N) is 4. The number of fused-ring (bicyclic) bond motifs is 14. The summed E-state index contributed by atoms with van der Waals surface area (Å²) >= 11 is 0. The number of allylic oxidation sites excluding steroid dienone is 7. The number of aromatic nitrogens is 2. The van der Waals surface area contributed by atoms with Crippen LogP contribution in [0.25, 0.3) is 86.7 Å². The van der Waals surface area contributed by atoms with Crippen LogP contribution in [0.5, 0.6) is 0 Å². The fourth-order valence-corrected chi connectivity index (χ4v) is 11.9. The normalized spacial score (nSPS) is 15.7. The highest BCUT2D eigenvalue weighted by Crippen LogP contribution is 2.49. The molecule has 4 heteroatoms. The Morgan fingerprint density at radius 2 is 0.779 bits per heavy atom. The minimum absolute atomic E-state index is 0.216. The summed E-state index contributed by atoms with van der Waals surface area (Å²) in [6, 6.07) is 69.6. The molecular weight excluding hydrogens is 825 g/mol. The lowest BCUT2D eigenvalue weighted by Gasteiger charge is -2.36. The molecule has 14 rings (SSSR count). The molecule has 12 aromatic rings. The van der Waals surface area contributed by atoms with Gasteiger partial charge in [0.2, 0.25) is 0 Å². The van der Waals surface area contributed by atoms with Gasteiger partial charge in [0.25, 0.3) is 0 Å². The van der Waals surface area contributed by atoms with Gasteiger partial charge in [0.15, 0.2) is 0 Å². The molecule has 0 saturated heterocycles. The van der Waals surface area contributed by atoms with Crippen LogP contribution < -0.4 is 9.80 Å². The van der Waals surface area contributed by atoms with Crippen molar-refractivity contribution in [3.63, 3.8) is 0 Å². The van der Waals surface area contributed by atoms with Crippen LogP contribution in [0.15, 0.2) is 236 Å². The molecule has 0 spiro atoms. The molecule has 10 aromatic carbocycles. The molecule has 2 unspecified atom stereocenters. The second-order valence-corrected chi connectivity index (χ2v) is 18.5. The maximum Gasteiger partial charge on any atom is 0.0742 e. The number of aryl methyl sites for hydroxylation is 2. The van der Waals surface area contributed by atoms with E-state index < -0.39 is 0 Å². The lowest BCUT2D eigenvalue weighted by atomic mass is 9.81. The lowest BCUT2D eigenvalue weighted by molar-refractivity contribution is 0.613. The Kier molecular flexibility index (Phi) is 8.50. The number of benzene rings is 10. The topological polar surface area (TPSA) is 16.3 Å². The van der Waals surface area contributed by atoms with Crippen molar-refractivity contribution in [1.82, 2.24) is 9.13 Å².